The van der Waals surface area contributed by atoms with Gasteiger partial charge in [0, 0.05) is 27.2 Å². The second-order valence-corrected chi connectivity index (χ2v) is 3.89. The van der Waals surface area contributed by atoms with Crippen LogP contribution in [0.2, 0.25) is 0 Å². The summed E-state index contributed by atoms with van der Waals surface area (Å²) in [6, 6.07) is 0. The van der Waals surface area contributed by atoms with Crippen molar-refractivity contribution in [2.45, 2.75) is 39.4 Å². The van der Waals surface area contributed by atoms with Crippen molar-refractivity contribution < 1.29 is 38.1 Å². The second kappa shape index (κ2) is 8.89. The molecule has 0 amide bonds. The fourth-order valence-corrected chi connectivity index (χ4v) is 1.36. The van der Waals surface area contributed by atoms with Crippen LogP contribution in [-0.4, -0.2) is 49.8 Å². The van der Waals surface area contributed by atoms with Gasteiger partial charge in [-0.2, -0.15) is 0 Å². The summed E-state index contributed by atoms with van der Waals surface area (Å²) in [7, 11) is 1.13. The van der Waals surface area contributed by atoms with Crippen molar-refractivity contribution >= 4 is 23.9 Å². The predicted molar refractivity (Wildman–Crippen MR) is 64.4 cm³/mol. The maximum Gasteiger partial charge on any atom is 0.347 e. The largest absolute Gasteiger partial charge is 0.466 e. The lowest BCUT2D eigenvalue weighted by Gasteiger charge is -2.21. The van der Waals surface area contributed by atoms with Crippen LogP contribution in [0.5, 0.6) is 0 Å². The number of carbonyl (C=O) groups excluding carboxylic acids is 4. The van der Waals surface area contributed by atoms with Gasteiger partial charge >= 0.3 is 23.9 Å². The van der Waals surface area contributed by atoms with Gasteiger partial charge in [-0.05, 0) is 0 Å². The Kier molecular flexibility index (Phi) is 7.95. The van der Waals surface area contributed by atoms with Crippen molar-refractivity contribution in [3.05, 3.63) is 0 Å². The van der Waals surface area contributed by atoms with Crippen LogP contribution in [0.25, 0.3) is 0 Å². The zero-order valence-electron chi connectivity index (χ0n) is 11.8. The summed E-state index contributed by atoms with van der Waals surface area (Å²) in [6.45, 7) is 3.24. The molecule has 0 fully saturated rings. The average molecular weight is 290 g/mol. The Morgan fingerprint density at radius 2 is 1.45 bits per heavy atom. The second-order valence-electron chi connectivity index (χ2n) is 3.89. The fourth-order valence-electron chi connectivity index (χ4n) is 1.36. The molecule has 0 spiro atoms. The zero-order chi connectivity index (χ0) is 15.7. The number of carbonyl (C=O) groups is 4. The van der Waals surface area contributed by atoms with Gasteiger partial charge in [0.1, 0.15) is 12.7 Å². The highest BCUT2D eigenvalue weighted by molar-refractivity contribution is 5.78. The van der Waals surface area contributed by atoms with Gasteiger partial charge in [-0.3, -0.25) is 14.4 Å². The van der Waals surface area contributed by atoms with E-state index in [2.05, 4.69) is 4.74 Å². The maximum absolute atomic E-state index is 11.5. The van der Waals surface area contributed by atoms with Gasteiger partial charge in [-0.15, -0.1) is 0 Å². The van der Waals surface area contributed by atoms with Crippen molar-refractivity contribution in [2.75, 3.05) is 13.7 Å². The third-order valence-corrected chi connectivity index (χ3v) is 2.05. The van der Waals surface area contributed by atoms with E-state index in [0.29, 0.717) is 0 Å². The molecule has 0 heterocycles. The monoisotopic (exact) mass is 290 g/mol. The van der Waals surface area contributed by atoms with Crippen molar-refractivity contribution in [1.82, 2.24) is 0 Å². The van der Waals surface area contributed by atoms with Crippen molar-refractivity contribution in [3.63, 3.8) is 0 Å². The highest BCUT2D eigenvalue weighted by Gasteiger charge is 2.28. The number of hydrogen-bond acceptors (Lipinski definition) is 8. The van der Waals surface area contributed by atoms with E-state index in [4.69, 9.17) is 14.2 Å². The normalized spacial score (nSPS) is 12.8. The van der Waals surface area contributed by atoms with Gasteiger partial charge in [0.05, 0.1) is 7.11 Å². The molecule has 8 nitrogen and oxygen atoms in total. The first-order valence-corrected chi connectivity index (χ1v) is 5.81. The van der Waals surface area contributed by atoms with Crippen LogP contribution < -0.4 is 0 Å². The highest BCUT2D eigenvalue weighted by atomic mass is 16.6. The van der Waals surface area contributed by atoms with Crippen LogP contribution >= 0.6 is 0 Å². The van der Waals surface area contributed by atoms with Crippen LogP contribution in [0, 0.1) is 0 Å². The number of hydrogen-bond donors (Lipinski definition) is 0. The minimum absolute atomic E-state index is 0.168. The third-order valence-electron chi connectivity index (χ3n) is 2.05. The molecular formula is C12H18O8. The molecule has 0 rings (SSSR count). The molecule has 0 radical (unpaired) electrons. The van der Waals surface area contributed by atoms with Crippen molar-refractivity contribution in [2.24, 2.45) is 0 Å². The Bertz CT molecular complexity index is 376. The Labute approximate surface area is 116 Å². The van der Waals surface area contributed by atoms with Crippen LogP contribution in [-0.2, 0) is 38.1 Å². The van der Waals surface area contributed by atoms with E-state index in [9.17, 15) is 19.2 Å². The molecule has 20 heavy (non-hydrogen) atoms. The molecule has 0 N–H and O–H groups in total. The molecule has 0 aromatic rings. The predicted octanol–water partition coefficient (Wildman–Crippen LogP) is -0.0240. The standard InChI is InChI=1S/C12H18O8/c1-7(13)18-6-10(19-8(2)14)5-11(12(16)17-4)20-9(3)15/h10-11H,5-6H2,1-4H3/t10-,11-/m1/s1. The molecule has 0 unspecified atom stereocenters. The average Bonchev–Trinajstić information content (AvgIpc) is 2.32. The van der Waals surface area contributed by atoms with E-state index < -0.39 is 36.1 Å². The van der Waals surface area contributed by atoms with E-state index in [1.54, 1.807) is 0 Å². The molecule has 0 saturated carbocycles. The molecule has 0 aliphatic rings. The van der Waals surface area contributed by atoms with Gasteiger partial charge < -0.3 is 18.9 Å². The van der Waals surface area contributed by atoms with Crippen LogP contribution in [0.15, 0.2) is 0 Å². The van der Waals surface area contributed by atoms with Crippen molar-refractivity contribution in [1.29, 1.82) is 0 Å². The molecule has 0 aliphatic heterocycles. The number of ether oxygens (including phenoxy) is 4. The minimum atomic E-state index is -1.24. The Balaban J connectivity index is 4.75. The van der Waals surface area contributed by atoms with Gasteiger partial charge in [-0.25, -0.2) is 4.79 Å². The Morgan fingerprint density at radius 1 is 0.900 bits per heavy atom. The topological polar surface area (TPSA) is 105 Å². The van der Waals surface area contributed by atoms with Gasteiger partial charge in [-0.1, -0.05) is 0 Å². The lowest BCUT2D eigenvalue weighted by atomic mass is 10.1. The first kappa shape index (κ1) is 17.9. The van der Waals surface area contributed by atoms with E-state index in [-0.39, 0.29) is 13.0 Å². The number of methoxy groups -OCH3 is 1. The molecule has 8 heteroatoms. The molecule has 0 aromatic carbocycles. The Hall–Kier alpha value is -2.12. The fraction of sp³-hybridized carbons (Fsp3) is 0.667. The SMILES string of the molecule is COC(=O)[C@@H](C[C@H](COC(C)=O)OC(C)=O)OC(C)=O. The van der Waals surface area contributed by atoms with Crippen LogP contribution in [0.1, 0.15) is 27.2 Å². The maximum atomic E-state index is 11.5. The lowest BCUT2D eigenvalue weighted by molar-refractivity contribution is -0.171. The summed E-state index contributed by atoms with van der Waals surface area (Å²) in [5, 5.41) is 0. The molecule has 2 atom stereocenters. The molecule has 0 aromatic heterocycles. The van der Waals surface area contributed by atoms with E-state index in [0.717, 1.165) is 14.0 Å². The zero-order valence-corrected chi connectivity index (χ0v) is 11.8. The summed E-state index contributed by atoms with van der Waals surface area (Å²) in [6.07, 6.45) is -2.32. The number of rotatable bonds is 7. The van der Waals surface area contributed by atoms with Gasteiger partial charge in [0.25, 0.3) is 0 Å². The summed E-state index contributed by atoms with van der Waals surface area (Å²) in [4.78, 5) is 44.1. The first-order chi connectivity index (χ1) is 9.26. The number of esters is 4. The van der Waals surface area contributed by atoms with Gasteiger partial charge in [0.15, 0.2) is 0 Å². The summed E-state index contributed by atoms with van der Waals surface area (Å²) >= 11 is 0. The molecule has 0 saturated heterocycles. The minimum Gasteiger partial charge on any atom is -0.466 e. The van der Waals surface area contributed by atoms with Crippen molar-refractivity contribution in [3.8, 4) is 0 Å². The third kappa shape index (κ3) is 8.06. The summed E-state index contributed by atoms with van der Waals surface area (Å²) in [5.41, 5.74) is 0. The summed E-state index contributed by atoms with van der Waals surface area (Å²) < 4.78 is 18.9. The lowest BCUT2D eigenvalue weighted by Crippen LogP contribution is -2.35. The van der Waals surface area contributed by atoms with Crippen LogP contribution in [0.3, 0.4) is 0 Å². The quantitative estimate of drug-likeness (QED) is 0.475. The van der Waals surface area contributed by atoms with Gasteiger partial charge in [0.2, 0.25) is 6.10 Å². The molecule has 0 bridgehead atoms. The highest BCUT2D eigenvalue weighted by Crippen LogP contribution is 2.10. The van der Waals surface area contributed by atoms with E-state index in [1.807, 2.05) is 0 Å². The van der Waals surface area contributed by atoms with E-state index >= 15 is 0 Å². The molecule has 114 valence electrons. The molecular weight excluding hydrogens is 272 g/mol. The van der Waals surface area contributed by atoms with E-state index in [1.165, 1.54) is 13.8 Å². The Morgan fingerprint density at radius 3 is 1.85 bits per heavy atom. The summed E-state index contributed by atoms with van der Waals surface area (Å²) in [5.74, 6) is -2.66. The van der Waals surface area contributed by atoms with Crippen LogP contribution in [0.4, 0.5) is 0 Å². The first-order valence-electron chi connectivity index (χ1n) is 5.81. The molecule has 0 aliphatic carbocycles. The smallest absolute Gasteiger partial charge is 0.347 e.